The highest BCUT2D eigenvalue weighted by molar-refractivity contribution is 7.92. The molecule has 6 heteroatoms. The van der Waals surface area contributed by atoms with Crippen molar-refractivity contribution >= 4 is 33.0 Å². The van der Waals surface area contributed by atoms with Crippen LogP contribution in [0.3, 0.4) is 0 Å². The van der Waals surface area contributed by atoms with Gasteiger partial charge in [-0.2, -0.15) is 0 Å². The smallest absolute Gasteiger partial charge is 0.232 e. The van der Waals surface area contributed by atoms with Crippen LogP contribution in [0.5, 0.6) is 0 Å². The fourth-order valence-corrected chi connectivity index (χ4v) is 2.59. The molecule has 0 aliphatic heterocycles. The summed E-state index contributed by atoms with van der Waals surface area (Å²) >= 11 is 5.83. The standard InChI is InChI=1S/C9H13ClN2O2S/c1-2-6-15(13,14)12-9-7(10)4-3-5-8(9)11/h3-5,12H,2,6,11H2,1H3. The molecule has 1 aromatic rings. The molecule has 0 radical (unpaired) electrons. The van der Waals surface area contributed by atoms with E-state index >= 15 is 0 Å². The van der Waals surface area contributed by atoms with Gasteiger partial charge < -0.3 is 5.73 Å². The van der Waals surface area contributed by atoms with Crippen LogP contribution in [0, 0.1) is 0 Å². The second-order valence-corrected chi connectivity index (χ2v) is 5.37. The number of nitrogens with two attached hydrogens (primary N) is 1. The van der Waals surface area contributed by atoms with Crippen molar-refractivity contribution < 1.29 is 8.42 Å². The largest absolute Gasteiger partial charge is 0.397 e. The summed E-state index contributed by atoms with van der Waals surface area (Å²) in [6.07, 6.45) is 0.541. The van der Waals surface area contributed by atoms with Gasteiger partial charge in [0.25, 0.3) is 0 Å². The van der Waals surface area contributed by atoms with E-state index in [1.807, 2.05) is 0 Å². The van der Waals surface area contributed by atoms with Crippen LogP contribution in [0.4, 0.5) is 11.4 Å². The Hall–Kier alpha value is -0.940. The van der Waals surface area contributed by atoms with Crippen LogP contribution >= 0.6 is 11.6 Å². The lowest BCUT2D eigenvalue weighted by Crippen LogP contribution is -2.17. The van der Waals surface area contributed by atoms with Crippen molar-refractivity contribution in [2.75, 3.05) is 16.2 Å². The second-order valence-electron chi connectivity index (χ2n) is 3.12. The Morgan fingerprint density at radius 3 is 2.67 bits per heavy atom. The summed E-state index contributed by atoms with van der Waals surface area (Å²) in [4.78, 5) is 0. The van der Waals surface area contributed by atoms with Gasteiger partial charge in [-0.3, -0.25) is 4.72 Å². The third-order valence-electron chi connectivity index (χ3n) is 1.78. The molecule has 3 N–H and O–H groups in total. The van der Waals surface area contributed by atoms with Crippen LogP contribution in [0.25, 0.3) is 0 Å². The lowest BCUT2D eigenvalue weighted by molar-refractivity contribution is 0.600. The van der Waals surface area contributed by atoms with Crippen molar-refractivity contribution in [3.8, 4) is 0 Å². The first-order valence-electron chi connectivity index (χ1n) is 4.50. The molecule has 0 bridgehead atoms. The van der Waals surface area contributed by atoms with Crippen molar-refractivity contribution in [3.63, 3.8) is 0 Å². The SMILES string of the molecule is CCCS(=O)(=O)Nc1c(N)cccc1Cl. The molecule has 1 aromatic carbocycles. The van der Waals surface area contributed by atoms with E-state index in [-0.39, 0.29) is 11.4 Å². The number of anilines is 2. The van der Waals surface area contributed by atoms with E-state index in [1.54, 1.807) is 25.1 Å². The van der Waals surface area contributed by atoms with E-state index < -0.39 is 10.0 Å². The van der Waals surface area contributed by atoms with Crippen LogP contribution in [0.15, 0.2) is 18.2 Å². The summed E-state index contributed by atoms with van der Waals surface area (Å²) in [6, 6.07) is 4.84. The number of hydrogen-bond donors (Lipinski definition) is 2. The van der Waals surface area contributed by atoms with E-state index in [2.05, 4.69) is 4.72 Å². The van der Waals surface area contributed by atoms with Gasteiger partial charge >= 0.3 is 0 Å². The number of halogens is 1. The molecule has 15 heavy (non-hydrogen) atoms. The number of nitrogen functional groups attached to an aromatic ring is 1. The van der Waals surface area contributed by atoms with Crippen LogP contribution in [0.1, 0.15) is 13.3 Å². The van der Waals surface area contributed by atoms with Gasteiger partial charge in [0, 0.05) is 0 Å². The molecule has 1 rings (SSSR count). The fraction of sp³-hybridized carbons (Fsp3) is 0.333. The maximum atomic E-state index is 11.5. The van der Waals surface area contributed by atoms with Gasteiger partial charge in [-0.15, -0.1) is 0 Å². The third kappa shape index (κ3) is 3.28. The lowest BCUT2D eigenvalue weighted by atomic mass is 10.3. The topological polar surface area (TPSA) is 72.2 Å². The molecule has 0 spiro atoms. The zero-order chi connectivity index (χ0) is 11.5. The zero-order valence-electron chi connectivity index (χ0n) is 8.33. The summed E-state index contributed by atoms with van der Waals surface area (Å²) in [7, 11) is -3.34. The van der Waals surface area contributed by atoms with Crippen LogP contribution < -0.4 is 10.5 Å². The molecule has 0 amide bonds. The Morgan fingerprint density at radius 1 is 1.47 bits per heavy atom. The highest BCUT2D eigenvalue weighted by Crippen LogP contribution is 2.28. The van der Waals surface area contributed by atoms with E-state index in [0.717, 1.165) is 0 Å². The normalized spacial score (nSPS) is 11.3. The lowest BCUT2D eigenvalue weighted by Gasteiger charge is -2.10. The molecule has 0 saturated heterocycles. The minimum absolute atomic E-state index is 0.0532. The molecular formula is C9H13ClN2O2S. The number of para-hydroxylation sites is 1. The van der Waals surface area contributed by atoms with E-state index in [9.17, 15) is 8.42 Å². The predicted molar refractivity (Wildman–Crippen MR) is 63.6 cm³/mol. The minimum atomic E-state index is -3.34. The summed E-state index contributed by atoms with van der Waals surface area (Å²) < 4.78 is 25.3. The van der Waals surface area contributed by atoms with Crippen molar-refractivity contribution in [2.45, 2.75) is 13.3 Å². The molecule has 0 fully saturated rings. The first-order chi connectivity index (χ1) is 6.96. The zero-order valence-corrected chi connectivity index (χ0v) is 9.90. The molecule has 0 aromatic heterocycles. The minimum Gasteiger partial charge on any atom is -0.397 e. The molecule has 0 aliphatic rings. The number of hydrogen-bond acceptors (Lipinski definition) is 3. The summed E-state index contributed by atoms with van der Waals surface area (Å²) in [6.45, 7) is 1.79. The summed E-state index contributed by atoms with van der Waals surface area (Å²) in [5.41, 5.74) is 6.19. The van der Waals surface area contributed by atoms with Gasteiger partial charge in [0.2, 0.25) is 10.0 Å². The van der Waals surface area contributed by atoms with Crippen LogP contribution in [-0.2, 0) is 10.0 Å². The number of rotatable bonds is 4. The van der Waals surface area contributed by atoms with Gasteiger partial charge in [0.1, 0.15) is 0 Å². The average Bonchev–Trinajstić information content (AvgIpc) is 2.11. The van der Waals surface area contributed by atoms with Crippen molar-refractivity contribution in [1.82, 2.24) is 0 Å². The Balaban J connectivity index is 2.99. The van der Waals surface area contributed by atoms with Gasteiger partial charge in [-0.25, -0.2) is 8.42 Å². The maximum Gasteiger partial charge on any atom is 0.232 e. The Morgan fingerprint density at radius 2 is 2.13 bits per heavy atom. The molecule has 0 aliphatic carbocycles. The quantitative estimate of drug-likeness (QED) is 0.802. The molecule has 0 heterocycles. The second kappa shape index (κ2) is 4.72. The van der Waals surface area contributed by atoms with E-state index in [1.165, 1.54) is 0 Å². The van der Waals surface area contributed by atoms with Gasteiger partial charge in [0.15, 0.2) is 0 Å². The maximum absolute atomic E-state index is 11.5. The Bertz CT molecular complexity index is 425. The van der Waals surface area contributed by atoms with E-state index in [0.29, 0.717) is 17.1 Å². The highest BCUT2D eigenvalue weighted by Gasteiger charge is 2.13. The highest BCUT2D eigenvalue weighted by atomic mass is 35.5. The van der Waals surface area contributed by atoms with Crippen LogP contribution in [-0.4, -0.2) is 14.2 Å². The number of sulfonamides is 1. The number of nitrogens with one attached hydrogen (secondary N) is 1. The first-order valence-corrected chi connectivity index (χ1v) is 6.54. The predicted octanol–water partition coefficient (Wildman–Crippen LogP) is 2.07. The van der Waals surface area contributed by atoms with Gasteiger partial charge in [0.05, 0.1) is 22.2 Å². The Labute approximate surface area is 94.5 Å². The van der Waals surface area contributed by atoms with E-state index in [4.69, 9.17) is 17.3 Å². The molecule has 0 atom stereocenters. The molecule has 0 unspecified atom stereocenters. The first kappa shape index (κ1) is 12.1. The third-order valence-corrected chi connectivity index (χ3v) is 3.55. The summed E-state index contributed by atoms with van der Waals surface area (Å²) in [5, 5.41) is 0.301. The Kier molecular flexibility index (Phi) is 3.82. The summed E-state index contributed by atoms with van der Waals surface area (Å²) in [5.74, 6) is 0.0532. The van der Waals surface area contributed by atoms with Crippen molar-refractivity contribution in [3.05, 3.63) is 23.2 Å². The average molecular weight is 249 g/mol. The monoisotopic (exact) mass is 248 g/mol. The number of benzene rings is 1. The van der Waals surface area contributed by atoms with Crippen LogP contribution in [0.2, 0.25) is 5.02 Å². The van der Waals surface area contributed by atoms with Crippen molar-refractivity contribution in [1.29, 1.82) is 0 Å². The van der Waals surface area contributed by atoms with Gasteiger partial charge in [-0.1, -0.05) is 24.6 Å². The molecule has 4 nitrogen and oxygen atoms in total. The van der Waals surface area contributed by atoms with Gasteiger partial charge in [-0.05, 0) is 18.6 Å². The molecular weight excluding hydrogens is 236 g/mol. The molecule has 84 valence electrons. The fourth-order valence-electron chi connectivity index (χ4n) is 1.12. The molecule has 0 saturated carbocycles. The van der Waals surface area contributed by atoms with Crippen molar-refractivity contribution in [2.24, 2.45) is 0 Å².